The minimum absolute atomic E-state index is 0.231. The summed E-state index contributed by atoms with van der Waals surface area (Å²) in [5, 5.41) is 0. The molecule has 2 heteroatoms. The summed E-state index contributed by atoms with van der Waals surface area (Å²) in [5.41, 5.74) is 3.03. The number of carbonyl (C=O) groups is 1. The number of fused-ring (bicyclic) bond motifs is 1. The van der Waals surface area contributed by atoms with Gasteiger partial charge in [0, 0.05) is 0 Å². The van der Waals surface area contributed by atoms with E-state index >= 15 is 0 Å². The van der Waals surface area contributed by atoms with Crippen molar-refractivity contribution < 1.29 is 4.79 Å². The van der Waals surface area contributed by atoms with Crippen LogP contribution in [0, 0.1) is 0 Å². The zero-order valence-electron chi connectivity index (χ0n) is 10.2. The molecule has 0 amide bonds. The van der Waals surface area contributed by atoms with Crippen molar-refractivity contribution in [3.8, 4) is 11.1 Å². The number of rotatable bonds is 3. The SMILES string of the molecule is O=Cc1cc([Se]c2ccccc2)c2cccccc1-2. The van der Waals surface area contributed by atoms with Crippen LogP contribution >= 0.6 is 0 Å². The van der Waals surface area contributed by atoms with Gasteiger partial charge in [-0.2, -0.15) is 0 Å². The molecule has 92 valence electrons. The van der Waals surface area contributed by atoms with Crippen molar-refractivity contribution in [1.82, 2.24) is 0 Å². The van der Waals surface area contributed by atoms with Crippen molar-refractivity contribution in [2.45, 2.75) is 0 Å². The number of carbonyl (C=O) groups excluding carboxylic acids is 1. The first-order valence-electron chi connectivity index (χ1n) is 6.08. The Balaban J connectivity index is 2.08. The van der Waals surface area contributed by atoms with Gasteiger partial charge in [0.1, 0.15) is 0 Å². The molecule has 1 nitrogen and oxygen atoms in total. The van der Waals surface area contributed by atoms with E-state index in [0.717, 1.165) is 17.4 Å². The minimum atomic E-state index is 0.231. The van der Waals surface area contributed by atoms with Crippen LogP contribution in [0.2, 0.25) is 0 Å². The van der Waals surface area contributed by atoms with Gasteiger partial charge in [0.05, 0.1) is 0 Å². The molecule has 0 N–H and O–H groups in total. The second kappa shape index (κ2) is 5.39. The Hall–Kier alpha value is -1.89. The average Bonchev–Trinajstić information content (AvgIpc) is 2.64. The molecule has 1 aromatic rings. The van der Waals surface area contributed by atoms with Gasteiger partial charge in [-0.1, -0.05) is 0 Å². The van der Waals surface area contributed by atoms with E-state index in [1.54, 1.807) is 0 Å². The van der Waals surface area contributed by atoms with Crippen molar-refractivity contribution in [2.75, 3.05) is 0 Å². The molecule has 2 aliphatic rings. The van der Waals surface area contributed by atoms with E-state index in [0.29, 0.717) is 0 Å². The molecule has 0 saturated heterocycles. The van der Waals surface area contributed by atoms with Crippen molar-refractivity contribution in [1.29, 1.82) is 0 Å². The van der Waals surface area contributed by atoms with E-state index in [-0.39, 0.29) is 15.0 Å². The molecule has 0 aliphatic heterocycles. The van der Waals surface area contributed by atoms with Gasteiger partial charge in [0.25, 0.3) is 0 Å². The molecule has 0 bridgehead atoms. The molecule has 0 unspecified atom stereocenters. The maximum absolute atomic E-state index is 11.2. The second-order valence-electron chi connectivity index (χ2n) is 4.23. The standard InChI is InChI=1S/C17H12OSe/c18-12-13-11-17(19-14-7-3-1-4-8-14)16-10-6-2-5-9-15(13)16/h1-12H. The molecule has 0 heterocycles. The van der Waals surface area contributed by atoms with E-state index in [1.807, 2.05) is 36.4 Å². The first-order valence-corrected chi connectivity index (χ1v) is 7.79. The van der Waals surface area contributed by atoms with Gasteiger partial charge < -0.3 is 0 Å². The number of benzene rings is 1. The molecule has 1 aromatic carbocycles. The zero-order valence-corrected chi connectivity index (χ0v) is 12.0. The summed E-state index contributed by atoms with van der Waals surface area (Å²) in [6, 6.07) is 22.6. The zero-order chi connectivity index (χ0) is 13.1. The predicted molar refractivity (Wildman–Crippen MR) is 79.9 cm³/mol. The Kier molecular flexibility index (Phi) is 3.45. The summed E-state index contributed by atoms with van der Waals surface area (Å²) in [6.45, 7) is 0. The van der Waals surface area contributed by atoms with E-state index < -0.39 is 0 Å². The summed E-state index contributed by atoms with van der Waals surface area (Å²) < 4.78 is 2.60. The van der Waals surface area contributed by atoms with Crippen molar-refractivity contribution in [3.05, 3.63) is 72.3 Å². The monoisotopic (exact) mass is 312 g/mol. The van der Waals surface area contributed by atoms with Gasteiger partial charge in [0.2, 0.25) is 0 Å². The molecule has 19 heavy (non-hydrogen) atoms. The average molecular weight is 311 g/mol. The summed E-state index contributed by atoms with van der Waals surface area (Å²) in [4.78, 5) is 11.2. The number of aldehydes is 1. The van der Waals surface area contributed by atoms with Gasteiger partial charge in [-0.05, 0) is 0 Å². The van der Waals surface area contributed by atoms with Crippen LogP contribution in [0.4, 0.5) is 0 Å². The first-order chi connectivity index (χ1) is 9.38. The normalized spacial score (nSPS) is 10.5. The fourth-order valence-corrected chi connectivity index (χ4v) is 4.25. The van der Waals surface area contributed by atoms with Gasteiger partial charge in [0.15, 0.2) is 0 Å². The van der Waals surface area contributed by atoms with Gasteiger partial charge in [-0.15, -0.1) is 0 Å². The summed E-state index contributed by atoms with van der Waals surface area (Å²) in [7, 11) is 0. The third-order valence-electron chi connectivity index (χ3n) is 3.00. The molecule has 0 saturated carbocycles. The van der Waals surface area contributed by atoms with Crippen LogP contribution < -0.4 is 8.92 Å². The van der Waals surface area contributed by atoms with Crippen LogP contribution in [0.15, 0.2) is 66.7 Å². The Morgan fingerprint density at radius 1 is 0.789 bits per heavy atom. The predicted octanol–water partition coefficient (Wildman–Crippen LogP) is 2.26. The molecule has 0 fully saturated rings. The summed E-state index contributed by atoms with van der Waals surface area (Å²) >= 11 is 0.231. The van der Waals surface area contributed by atoms with Crippen molar-refractivity contribution >= 4 is 30.2 Å². The summed E-state index contributed by atoms with van der Waals surface area (Å²) in [6.07, 6.45) is 0.951. The van der Waals surface area contributed by atoms with Gasteiger partial charge in [-0.3, -0.25) is 0 Å². The second-order valence-corrected chi connectivity index (χ2v) is 6.58. The van der Waals surface area contributed by atoms with Gasteiger partial charge >= 0.3 is 118 Å². The third kappa shape index (κ3) is 2.46. The molecule has 2 aliphatic carbocycles. The van der Waals surface area contributed by atoms with E-state index in [1.165, 1.54) is 14.5 Å². The number of hydrogen-bond donors (Lipinski definition) is 0. The quantitative estimate of drug-likeness (QED) is 0.536. The van der Waals surface area contributed by atoms with Crippen molar-refractivity contribution in [3.63, 3.8) is 0 Å². The molecular formula is C17H12OSe. The van der Waals surface area contributed by atoms with E-state index in [2.05, 4.69) is 30.3 Å². The van der Waals surface area contributed by atoms with Gasteiger partial charge in [-0.25, -0.2) is 0 Å². The van der Waals surface area contributed by atoms with Crippen molar-refractivity contribution in [2.24, 2.45) is 0 Å². The molecule has 3 rings (SSSR count). The topological polar surface area (TPSA) is 17.1 Å². The molecular weight excluding hydrogens is 299 g/mol. The Morgan fingerprint density at radius 2 is 1.42 bits per heavy atom. The fourth-order valence-electron chi connectivity index (χ4n) is 2.11. The third-order valence-corrected chi connectivity index (χ3v) is 5.23. The van der Waals surface area contributed by atoms with Crippen LogP contribution in [-0.4, -0.2) is 21.2 Å². The summed E-state index contributed by atoms with van der Waals surface area (Å²) in [5.74, 6) is 0. The van der Waals surface area contributed by atoms with Crippen LogP contribution in [-0.2, 0) is 0 Å². The number of hydrogen-bond acceptors (Lipinski definition) is 1. The van der Waals surface area contributed by atoms with E-state index in [4.69, 9.17) is 0 Å². The maximum atomic E-state index is 11.2. The molecule has 0 aromatic heterocycles. The van der Waals surface area contributed by atoms with Crippen LogP contribution in [0.3, 0.4) is 0 Å². The Bertz CT molecular complexity index is 676. The molecule has 0 spiro atoms. The molecule has 0 radical (unpaired) electrons. The first kappa shape index (κ1) is 12.2. The Labute approximate surface area is 118 Å². The molecule has 0 atom stereocenters. The van der Waals surface area contributed by atoms with Crippen LogP contribution in [0.5, 0.6) is 0 Å². The van der Waals surface area contributed by atoms with E-state index in [9.17, 15) is 4.79 Å². The Morgan fingerprint density at radius 3 is 2.11 bits per heavy atom. The fraction of sp³-hybridized carbons (Fsp3) is 0. The van der Waals surface area contributed by atoms with Crippen LogP contribution in [0.1, 0.15) is 10.4 Å². The van der Waals surface area contributed by atoms with Crippen LogP contribution in [0.25, 0.3) is 11.1 Å².